The SMILES string of the molecule is COC(=O)c1ccc2c(C(=O)O)n[nH]c2c1. The summed E-state index contributed by atoms with van der Waals surface area (Å²) in [6.45, 7) is 0. The number of carbonyl (C=O) groups excluding carboxylic acids is 1. The average molecular weight is 220 g/mol. The molecule has 0 aliphatic heterocycles. The molecule has 1 aromatic heterocycles. The van der Waals surface area contributed by atoms with E-state index < -0.39 is 11.9 Å². The maximum Gasteiger partial charge on any atom is 0.357 e. The van der Waals surface area contributed by atoms with Crippen molar-refractivity contribution < 1.29 is 19.4 Å². The smallest absolute Gasteiger partial charge is 0.357 e. The Kier molecular flexibility index (Phi) is 2.32. The zero-order chi connectivity index (χ0) is 11.7. The molecule has 2 aromatic rings. The van der Waals surface area contributed by atoms with Gasteiger partial charge in [0.05, 0.1) is 18.2 Å². The summed E-state index contributed by atoms with van der Waals surface area (Å²) in [5.74, 6) is -1.59. The van der Waals surface area contributed by atoms with E-state index in [0.29, 0.717) is 16.5 Å². The second-order valence-electron chi connectivity index (χ2n) is 3.13. The van der Waals surface area contributed by atoms with Gasteiger partial charge in [0.25, 0.3) is 0 Å². The molecule has 0 saturated heterocycles. The number of carboxylic acids is 1. The van der Waals surface area contributed by atoms with E-state index in [-0.39, 0.29) is 5.69 Å². The Morgan fingerprint density at radius 1 is 1.44 bits per heavy atom. The second-order valence-corrected chi connectivity index (χ2v) is 3.13. The van der Waals surface area contributed by atoms with Gasteiger partial charge in [0.2, 0.25) is 0 Å². The summed E-state index contributed by atoms with van der Waals surface area (Å²) in [7, 11) is 1.28. The number of aromatic nitrogens is 2. The number of nitrogens with one attached hydrogen (secondary N) is 1. The van der Waals surface area contributed by atoms with E-state index in [2.05, 4.69) is 14.9 Å². The minimum atomic E-state index is -1.11. The zero-order valence-electron chi connectivity index (χ0n) is 8.35. The van der Waals surface area contributed by atoms with Crippen LogP contribution in [0.4, 0.5) is 0 Å². The number of hydrogen-bond donors (Lipinski definition) is 2. The van der Waals surface area contributed by atoms with Crippen LogP contribution in [0.3, 0.4) is 0 Å². The van der Waals surface area contributed by atoms with Crippen LogP contribution in [0.1, 0.15) is 20.8 Å². The number of ether oxygens (including phenoxy) is 1. The molecule has 6 nitrogen and oxygen atoms in total. The molecule has 0 spiro atoms. The molecule has 0 bridgehead atoms. The Bertz CT molecular complexity index is 573. The van der Waals surface area contributed by atoms with E-state index in [1.54, 1.807) is 0 Å². The van der Waals surface area contributed by atoms with E-state index in [1.807, 2.05) is 0 Å². The van der Waals surface area contributed by atoms with E-state index in [1.165, 1.54) is 25.3 Å². The Hall–Kier alpha value is -2.37. The van der Waals surface area contributed by atoms with Crippen molar-refractivity contribution in [2.75, 3.05) is 7.11 Å². The fourth-order valence-corrected chi connectivity index (χ4v) is 1.43. The molecule has 2 rings (SSSR count). The second kappa shape index (κ2) is 3.65. The number of aromatic carboxylic acids is 1. The van der Waals surface area contributed by atoms with Gasteiger partial charge >= 0.3 is 11.9 Å². The van der Waals surface area contributed by atoms with Gasteiger partial charge in [-0.05, 0) is 18.2 Å². The average Bonchev–Trinajstić information content (AvgIpc) is 2.70. The van der Waals surface area contributed by atoms with Crippen LogP contribution in [0.2, 0.25) is 0 Å². The van der Waals surface area contributed by atoms with Crippen molar-refractivity contribution in [1.82, 2.24) is 10.2 Å². The molecule has 0 amide bonds. The molecule has 1 heterocycles. The van der Waals surface area contributed by atoms with Gasteiger partial charge in [-0.15, -0.1) is 0 Å². The molecule has 16 heavy (non-hydrogen) atoms. The quantitative estimate of drug-likeness (QED) is 0.738. The molecule has 0 radical (unpaired) electrons. The lowest BCUT2D eigenvalue weighted by atomic mass is 10.1. The number of carbonyl (C=O) groups is 2. The van der Waals surface area contributed by atoms with Crippen molar-refractivity contribution in [3.05, 3.63) is 29.5 Å². The lowest BCUT2D eigenvalue weighted by Gasteiger charge is -1.98. The van der Waals surface area contributed by atoms with Crippen LogP contribution in [0, 0.1) is 0 Å². The fourth-order valence-electron chi connectivity index (χ4n) is 1.43. The summed E-state index contributed by atoms with van der Waals surface area (Å²) in [6.07, 6.45) is 0. The van der Waals surface area contributed by atoms with Crippen molar-refractivity contribution >= 4 is 22.8 Å². The highest BCUT2D eigenvalue weighted by Crippen LogP contribution is 2.17. The third-order valence-corrected chi connectivity index (χ3v) is 2.19. The van der Waals surface area contributed by atoms with Crippen LogP contribution in [0.25, 0.3) is 10.9 Å². The zero-order valence-corrected chi connectivity index (χ0v) is 8.35. The highest BCUT2D eigenvalue weighted by atomic mass is 16.5. The molecule has 6 heteroatoms. The van der Waals surface area contributed by atoms with Gasteiger partial charge in [-0.3, -0.25) is 5.10 Å². The van der Waals surface area contributed by atoms with Gasteiger partial charge < -0.3 is 9.84 Å². The molecule has 0 fully saturated rings. The molecule has 0 unspecified atom stereocenters. The molecule has 0 atom stereocenters. The third kappa shape index (κ3) is 1.50. The number of aromatic amines is 1. The summed E-state index contributed by atoms with van der Waals surface area (Å²) < 4.78 is 4.55. The lowest BCUT2D eigenvalue weighted by molar-refractivity contribution is 0.0600. The number of H-pyrrole nitrogens is 1. The van der Waals surface area contributed by atoms with Crippen LogP contribution < -0.4 is 0 Å². The van der Waals surface area contributed by atoms with E-state index in [9.17, 15) is 9.59 Å². The van der Waals surface area contributed by atoms with Gasteiger partial charge in [-0.2, -0.15) is 5.10 Å². The fraction of sp³-hybridized carbons (Fsp3) is 0.100. The maximum absolute atomic E-state index is 11.2. The van der Waals surface area contributed by atoms with Crippen LogP contribution in [0.5, 0.6) is 0 Å². The molecule has 2 N–H and O–H groups in total. The maximum atomic E-state index is 11.2. The third-order valence-electron chi connectivity index (χ3n) is 2.19. The Labute approximate surface area is 89.8 Å². The Morgan fingerprint density at radius 2 is 2.19 bits per heavy atom. The molecule has 1 aromatic carbocycles. The molecule has 0 aliphatic rings. The van der Waals surface area contributed by atoms with Crippen molar-refractivity contribution in [2.45, 2.75) is 0 Å². The van der Waals surface area contributed by atoms with Gasteiger partial charge in [0, 0.05) is 5.39 Å². The van der Waals surface area contributed by atoms with Crippen LogP contribution in [-0.2, 0) is 4.74 Å². The predicted octanol–water partition coefficient (Wildman–Crippen LogP) is 1.05. The van der Waals surface area contributed by atoms with Gasteiger partial charge in [0.15, 0.2) is 5.69 Å². The number of nitrogens with zero attached hydrogens (tertiary/aromatic N) is 1. The molecule has 0 saturated carbocycles. The van der Waals surface area contributed by atoms with Crippen molar-refractivity contribution in [2.24, 2.45) is 0 Å². The van der Waals surface area contributed by atoms with Crippen molar-refractivity contribution in [1.29, 1.82) is 0 Å². The lowest BCUT2D eigenvalue weighted by Crippen LogP contribution is -2.00. The number of esters is 1. The summed E-state index contributed by atoms with van der Waals surface area (Å²) >= 11 is 0. The molecular weight excluding hydrogens is 212 g/mol. The largest absolute Gasteiger partial charge is 0.476 e. The first-order chi connectivity index (χ1) is 7.63. The van der Waals surface area contributed by atoms with Gasteiger partial charge in [-0.1, -0.05) is 0 Å². The minimum absolute atomic E-state index is 0.0635. The molecular formula is C10H8N2O4. The highest BCUT2D eigenvalue weighted by Gasteiger charge is 2.14. The number of methoxy groups -OCH3 is 1. The van der Waals surface area contributed by atoms with Crippen LogP contribution in [-0.4, -0.2) is 34.4 Å². The number of fused-ring (bicyclic) bond motifs is 1. The first-order valence-corrected chi connectivity index (χ1v) is 4.43. The van der Waals surface area contributed by atoms with Crippen LogP contribution in [0.15, 0.2) is 18.2 Å². The Morgan fingerprint density at radius 3 is 2.81 bits per heavy atom. The summed E-state index contributed by atoms with van der Waals surface area (Å²) in [5, 5.41) is 15.5. The van der Waals surface area contributed by atoms with Crippen LogP contribution >= 0.6 is 0 Å². The number of hydrogen-bond acceptors (Lipinski definition) is 4. The number of carboxylic acid groups (broad SMARTS) is 1. The van der Waals surface area contributed by atoms with E-state index >= 15 is 0 Å². The van der Waals surface area contributed by atoms with Gasteiger partial charge in [0.1, 0.15) is 0 Å². The standard InChI is InChI=1S/C10H8N2O4/c1-16-10(15)5-2-3-6-7(4-5)11-12-8(6)9(13)14/h2-4H,1H3,(H,11,12)(H,13,14). The number of benzene rings is 1. The molecule has 0 aliphatic carbocycles. The molecule has 82 valence electrons. The predicted molar refractivity (Wildman–Crippen MR) is 54.4 cm³/mol. The van der Waals surface area contributed by atoms with Crippen molar-refractivity contribution in [3.63, 3.8) is 0 Å². The highest BCUT2D eigenvalue weighted by molar-refractivity contribution is 6.03. The Balaban J connectivity index is 2.57. The summed E-state index contributed by atoms with van der Waals surface area (Å²) in [4.78, 5) is 22.0. The monoisotopic (exact) mass is 220 g/mol. The summed E-state index contributed by atoms with van der Waals surface area (Å²) in [5.41, 5.74) is 0.766. The first kappa shape index (κ1) is 10.2. The minimum Gasteiger partial charge on any atom is -0.476 e. The summed E-state index contributed by atoms with van der Waals surface area (Å²) in [6, 6.07) is 4.52. The number of rotatable bonds is 2. The van der Waals surface area contributed by atoms with E-state index in [4.69, 9.17) is 5.11 Å². The normalized spacial score (nSPS) is 10.3. The van der Waals surface area contributed by atoms with Crippen molar-refractivity contribution in [3.8, 4) is 0 Å². The first-order valence-electron chi connectivity index (χ1n) is 4.43. The topological polar surface area (TPSA) is 92.3 Å². The van der Waals surface area contributed by atoms with E-state index in [0.717, 1.165) is 0 Å². The van der Waals surface area contributed by atoms with Gasteiger partial charge in [-0.25, -0.2) is 9.59 Å².